The first-order chi connectivity index (χ1) is 6.88. The topological polar surface area (TPSA) is 12.5 Å². The highest BCUT2D eigenvalue weighted by Crippen LogP contribution is 2.17. The maximum Gasteiger partial charge on any atom is 0.0698 e. The van der Waals surface area contributed by atoms with E-state index in [9.17, 15) is 0 Å². The summed E-state index contributed by atoms with van der Waals surface area (Å²) in [7, 11) is 1.82. The van der Waals surface area contributed by atoms with Crippen LogP contribution in [0.1, 0.15) is 17.7 Å². The number of likely N-dealkylation sites (tertiary alicyclic amines) is 1. The summed E-state index contributed by atoms with van der Waals surface area (Å²) in [5.74, 6) is 0. The Bertz CT molecular complexity index is 260. The van der Waals surface area contributed by atoms with Crippen molar-refractivity contribution in [3.63, 3.8) is 0 Å². The van der Waals surface area contributed by atoms with Gasteiger partial charge in [0.25, 0.3) is 0 Å². The van der Waals surface area contributed by atoms with Gasteiger partial charge in [-0.05, 0) is 30.8 Å². The van der Waals surface area contributed by atoms with Gasteiger partial charge in [0.1, 0.15) is 0 Å². The Morgan fingerprint density at radius 2 is 2.57 bits per heavy atom. The number of hydrogen-bond acceptors (Lipinski definition) is 3. The van der Waals surface area contributed by atoms with Gasteiger partial charge in [-0.25, -0.2) is 0 Å². The van der Waals surface area contributed by atoms with Crippen LogP contribution in [0.15, 0.2) is 17.5 Å². The Morgan fingerprint density at radius 1 is 1.64 bits per heavy atom. The number of piperidine rings is 1. The fourth-order valence-electron chi connectivity index (χ4n) is 1.97. The predicted octanol–water partition coefficient (Wildman–Crippen LogP) is 2.36. The minimum absolute atomic E-state index is 0.448. The van der Waals surface area contributed by atoms with E-state index in [-0.39, 0.29) is 0 Å². The van der Waals surface area contributed by atoms with Gasteiger partial charge in [0.2, 0.25) is 0 Å². The van der Waals surface area contributed by atoms with Crippen molar-refractivity contribution in [2.45, 2.75) is 25.5 Å². The van der Waals surface area contributed by atoms with Crippen LogP contribution in [0.5, 0.6) is 0 Å². The van der Waals surface area contributed by atoms with E-state index >= 15 is 0 Å². The first-order valence-electron chi connectivity index (χ1n) is 5.16. The summed E-state index contributed by atoms with van der Waals surface area (Å²) in [6.07, 6.45) is 2.94. The minimum Gasteiger partial charge on any atom is -0.380 e. The van der Waals surface area contributed by atoms with E-state index in [2.05, 4.69) is 22.4 Å². The number of nitrogens with zero attached hydrogens (tertiary/aromatic N) is 1. The van der Waals surface area contributed by atoms with Gasteiger partial charge in [-0.3, -0.25) is 4.90 Å². The average Bonchev–Trinajstić information content (AvgIpc) is 2.71. The summed E-state index contributed by atoms with van der Waals surface area (Å²) >= 11 is 1.84. The number of rotatable bonds is 3. The van der Waals surface area contributed by atoms with E-state index in [1.54, 1.807) is 0 Å². The molecule has 14 heavy (non-hydrogen) atoms. The Balaban J connectivity index is 1.86. The third kappa shape index (κ3) is 2.56. The van der Waals surface area contributed by atoms with Crippen LogP contribution in [0.2, 0.25) is 0 Å². The second kappa shape index (κ2) is 4.91. The molecule has 0 spiro atoms. The number of methoxy groups -OCH3 is 1. The van der Waals surface area contributed by atoms with E-state index in [1.165, 1.54) is 24.3 Å². The van der Waals surface area contributed by atoms with Crippen molar-refractivity contribution in [1.82, 2.24) is 4.90 Å². The number of thiophene rings is 1. The van der Waals surface area contributed by atoms with Crippen molar-refractivity contribution in [2.75, 3.05) is 20.2 Å². The third-order valence-electron chi connectivity index (χ3n) is 2.76. The summed E-state index contributed by atoms with van der Waals surface area (Å²) in [4.78, 5) is 3.95. The zero-order valence-electron chi connectivity index (χ0n) is 8.61. The molecule has 0 bridgehead atoms. The average molecular weight is 211 g/mol. The second-order valence-electron chi connectivity index (χ2n) is 3.81. The molecule has 0 amide bonds. The monoisotopic (exact) mass is 211 g/mol. The van der Waals surface area contributed by atoms with Crippen molar-refractivity contribution in [3.05, 3.63) is 22.4 Å². The smallest absolute Gasteiger partial charge is 0.0698 e. The molecule has 1 saturated heterocycles. The van der Waals surface area contributed by atoms with Gasteiger partial charge >= 0.3 is 0 Å². The van der Waals surface area contributed by atoms with Crippen molar-refractivity contribution < 1.29 is 4.74 Å². The molecule has 1 atom stereocenters. The molecule has 2 rings (SSSR count). The van der Waals surface area contributed by atoms with Gasteiger partial charge in [-0.1, -0.05) is 6.07 Å². The Morgan fingerprint density at radius 3 is 3.29 bits per heavy atom. The lowest BCUT2D eigenvalue weighted by Gasteiger charge is -2.31. The van der Waals surface area contributed by atoms with Crippen LogP contribution in [0.4, 0.5) is 0 Å². The lowest BCUT2D eigenvalue weighted by Crippen LogP contribution is -2.38. The molecular formula is C11H17NOS. The molecule has 2 heterocycles. The van der Waals surface area contributed by atoms with Crippen molar-refractivity contribution >= 4 is 11.3 Å². The summed E-state index contributed by atoms with van der Waals surface area (Å²) in [6.45, 7) is 3.41. The first-order valence-corrected chi connectivity index (χ1v) is 6.04. The highest BCUT2D eigenvalue weighted by molar-refractivity contribution is 7.09. The normalized spacial score (nSPS) is 23.9. The summed E-state index contributed by atoms with van der Waals surface area (Å²) in [5.41, 5.74) is 0. The fraction of sp³-hybridized carbons (Fsp3) is 0.636. The van der Waals surface area contributed by atoms with Crippen LogP contribution in [-0.4, -0.2) is 31.2 Å². The van der Waals surface area contributed by atoms with Crippen LogP contribution in [0.25, 0.3) is 0 Å². The Kier molecular flexibility index (Phi) is 3.56. The van der Waals surface area contributed by atoms with Crippen LogP contribution >= 0.6 is 11.3 Å². The van der Waals surface area contributed by atoms with E-state index in [0.29, 0.717) is 6.10 Å². The molecule has 0 N–H and O–H groups in total. The second-order valence-corrected chi connectivity index (χ2v) is 4.85. The summed E-state index contributed by atoms with van der Waals surface area (Å²) < 4.78 is 5.40. The highest BCUT2D eigenvalue weighted by atomic mass is 32.1. The van der Waals surface area contributed by atoms with E-state index in [1.807, 2.05) is 18.4 Å². The van der Waals surface area contributed by atoms with E-state index < -0.39 is 0 Å². The molecule has 1 unspecified atom stereocenters. The van der Waals surface area contributed by atoms with Crippen LogP contribution in [0, 0.1) is 0 Å². The molecule has 1 aromatic heterocycles. The molecular weight excluding hydrogens is 194 g/mol. The van der Waals surface area contributed by atoms with Crippen LogP contribution in [-0.2, 0) is 11.3 Å². The van der Waals surface area contributed by atoms with Crippen molar-refractivity contribution in [2.24, 2.45) is 0 Å². The largest absolute Gasteiger partial charge is 0.380 e. The maximum absolute atomic E-state index is 5.40. The van der Waals surface area contributed by atoms with Crippen LogP contribution < -0.4 is 0 Å². The quantitative estimate of drug-likeness (QED) is 0.761. The molecule has 0 radical (unpaired) electrons. The lowest BCUT2D eigenvalue weighted by atomic mass is 10.1. The van der Waals surface area contributed by atoms with Gasteiger partial charge in [0.05, 0.1) is 6.10 Å². The van der Waals surface area contributed by atoms with Gasteiger partial charge in [0.15, 0.2) is 0 Å². The molecule has 1 aliphatic heterocycles. The maximum atomic E-state index is 5.40. The minimum atomic E-state index is 0.448. The van der Waals surface area contributed by atoms with Gasteiger partial charge in [-0.2, -0.15) is 0 Å². The standard InChI is InChI=1S/C11H17NOS/c1-13-10-4-2-6-12(8-10)9-11-5-3-7-14-11/h3,5,7,10H,2,4,6,8-9H2,1H3. The van der Waals surface area contributed by atoms with Gasteiger partial charge < -0.3 is 4.74 Å². The van der Waals surface area contributed by atoms with Gasteiger partial charge in [0, 0.05) is 25.1 Å². The third-order valence-corrected chi connectivity index (χ3v) is 3.62. The van der Waals surface area contributed by atoms with Crippen molar-refractivity contribution in [1.29, 1.82) is 0 Å². The molecule has 0 saturated carbocycles. The van der Waals surface area contributed by atoms with E-state index in [0.717, 1.165) is 13.1 Å². The Labute approximate surface area is 89.5 Å². The lowest BCUT2D eigenvalue weighted by molar-refractivity contribution is 0.0289. The molecule has 1 aliphatic rings. The first kappa shape index (κ1) is 10.1. The Hall–Kier alpha value is -0.380. The molecule has 78 valence electrons. The zero-order chi connectivity index (χ0) is 9.80. The molecule has 0 aliphatic carbocycles. The highest BCUT2D eigenvalue weighted by Gasteiger charge is 2.19. The summed E-state index contributed by atoms with van der Waals surface area (Å²) in [5, 5.41) is 2.15. The SMILES string of the molecule is COC1CCCN(Cc2cccs2)C1. The molecule has 2 nitrogen and oxygen atoms in total. The fourth-order valence-corrected chi connectivity index (χ4v) is 2.72. The van der Waals surface area contributed by atoms with Crippen LogP contribution in [0.3, 0.4) is 0 Å². The number of hydrogen-bond donors (Lipinski definition) is 0. The zero-order valence-corrected chi connectivity index (χ0v) is 9.43. The molecule has 0 aromatic carbocycles. The van der Waals surface area contributed by atoms with Gasteiger partial charge in [-0.15, -0.1) is 11.3 Å². The molecule has 1 fully saturated rings. The van der Waals surface area contributed by atoms with E-state index in [4.69, 9.17) is 4.74 Å². The van der Waals surface area contributed by atoms with Crippen molar-refractivity contribution in [3.8, 4) is 0 Å². The molecule has 3 heteroatoms. The summed E-state index contributed by atoms with van der Waals surface area (Å²) in [6, 6.07) is 4.33. The number of ether oxygens (including phenoxy) is 1. The molecule has 1 aromatic rings. The predicted molar refractivity (Wildman–Crippen MR) is 59.6 cm³/mol.